The zero-order valence-corrected chi connectivity index (χ0v) is 50.7. The topological polar surface area (TPSA) is 308 Å². The smallest absolute Gasteiger partial charge is 0.329 e. The number of carbonyl (C=O) groups is 2. The highest BCUT2D eigenvalue weighted by Crippen LogP contribution is 2.26. The Bertz CT molecular complexity index is 4140. The monoisotopic (exact) mass is 1270 g/mol. The Labute approximate surface area is 506 Å². The number of urea groups is 1. The Balaban J connectivity index is 0.000000234. The molecule has 8 rings (SSSR count). The van der Waals surface area contributed by atoms with Gasteiger partial charge in [0.05, 0.1) is 59.6 Å². The van der Waals surface area contributed by atoms with Gasteiger partial charge in [-0.05, 0) is 120 Å². The summed E-state index contributed by atoms with van der Waals surface area (Å²) in [6, 6.07) is 40.3. The number of nitro benzene ring substituents is 2. The standard InChI is InChI=1S/C28H31FN2O5S.C14H12FNO4S.C14H14FNO2S.C6H5FN2O2/c1-19-10-14-23(15-11-19)37(34,35)18-21-12-13-22(17-24(21)29)30-27(33)31-25(26(32)36-28(2,3)4)16-20-8-6-5-7-9-20;1-10-2-6-13(7-3-10)21(19,20)9-11-4-5-12(16(17)18)8-14(11)15;1-10-2-6-13(7-3-10)19(17,18)9-11-4-5-12(16)8-14(11)15;7-5-3-4(9(10)11)1-2-6(5)8/h5-15,17,25H,16,18H2,1-4H3,(H2,30,31,33);2-8H,9H2,1H3;2-8H,9,16H2,1H3;1-3H,8H2/t25-;;;/m1.../s1. The Hall–Kier alpha value is -9.53. The third kappa shape index (κ3) is 21.5. The van der Waals surface area contributed by atoms with Gasteiger partial charge in [-0.2, -0.15) is 0 Å². The number of carbonyl (C=O) groups excluding carboxylic acids is 2. The fraction of sp³-hybridized carbons (Fsp3) is 0.194. The van der Waals surface area contributed by atoms with Crippen LogP contribution in [0.2, 0.25) is 0 Å². The lowest BCUT2D eigenvalue weighted by molar-refractivity contribution is -0.385. The lowest BCUT2D eigenvalue weighted by atomic mass is 10.1. The van der Waals surface area contributed by atoms with Crippen LogP contribution in [0.4, 0.5) is 50.8 Å². The van der Waals surface area contributed by atoms with Crippen molar-refractivity contribution in [1.29, 1.82) is 0 Å². The number of rotatable bonds is 16. The molecular formula is C62H62F4N6O13S3. The quantitative estimate of drug-likeness (QED) is 0.0230. The summed E-state index contributed by atoms with van der Waals surface area (Å²) < 4.78 is 134. The second kappa shape index (κ2) is 30.2. The number of hydrogen-bond acceptors (Lipinski definition) is 15. The SMILES string of the molecule is Cc1ccc(S(=O)(=O)Cc2ccc(N)cc2F)cc1.Cc1ccc(S(=O)(=O)Cc2ccc(NC(=O)N[C@H](Cc3ccccc3)C(=O)OC(C)(C)C)cc2F)cc1.Cc1ccc(S(=O)(=O)Cc2ccc([N+](=O)[O-])cc2F)cc1.Nc1ccc([N+](=O)[O-])cc1F. The van der Waals surface area contributed by atoms with Gasteiger partial charge in [-0.15, -0.1) is 0 Å². The lowest BCUT2D eigenvalue weighted by Gasteiger charge is -2.25. The van der Waals surface area contributed by atoms with Crippen LogP contribution in [0.3, 0.4) is 0 Å². The largest absolute Gasteiger partial charge is 0.458 e. The lowest BCUT2D eigenvalue weighted by Crippen LogP contribution is -2.47. The van der Waals surface area contributed by atoms with Gasteiger partial charge in [-0.25, -0.2) is 52.4 Å². The predicted octanol–water partition coefficient (Wildman–Crippen LogP) is 12.2. The van der Waals surface area contributed by atoms with Gasteiger partial charge in [0.15, 0.2) is 35.3 Å². The maximum Gasteiger partial charge on any atom is 0.329 e. The minimum Gasteiger partial charge on any atom is -0.458 e. The first-order valence-corrected chi connectivity index (χ1v) is 31.2. The number of ether oxygens (including phenoxy) is 1. The molecule has 0 radical (unpaired) electrons. The summed E-state index contributed by atoms with van der Waals surface area (Å²) in [4.78, 5) is 45.0. The number of esters is 1. The van der Waals surface area contributed by atoms with Crippen molar-refractivity contribution in [1.82, 2.24) is 5.32 Å². The Kier molecular flexibility index (Phi) is 23.8. The minimum atomic E-state index is -3.75. The molecule has 19 nitrogen and oxygen atoms in total. The number of hydrogen-bond donors (Lipinski definition) is 4. The van der Waals surface area contributed by atoms with Crippen molar-refractivity contribution in [3.8, 4) is 0 Å². The van der Waals surface area contributed by atoms with Crippen molar-refractivity contribution in [2.75, 3.05) is 16.8 Å². The predicted molar refractivity (Wildman–Crippen MR) is 326 cm³/mol. The van der Waals surface area contributed by atoms with E-state index in [9.17, 15) is 72.6 Å². The van der Waals surface area contributed by atoms with E-state index in [1.165, 1.54) is 60.7 Å². The summed E-state index contributed by atoms with van der Waals surface area (Å²) in [5.74, 6) is -5.08. The van der Waals surface area contributed by atoms with E-state index in [0.29, 0.717) is 0 Å². The highest BCUT2D eigenvalue weighted by molar-refractivity contribution is 7.91. The highest BCUT2D eigenvalue weighted by Gasteiger charge is 2.28. The van der Waals surface area contributed by atoms with Crippen molar-refractivity contribution in [2.24, 2.45) is 0 Å². The maximum absolute atomic E-state index is 14.8. The summed E-state index contributed by atoms with van der Waals surface area (Å²) in [6.07, 6.45) is 0.202. The third-order valence-electron chi connectivity index (χ3n) is 12.3. The van der Waals surface area contributed by atoms with Crippen LogP contribution in [-0.2, 0) is 62.7 Å². The number of amides is 2. The van der Waals surface area contributed by atoms with Crippen LogP contribution in [0.1, 0.15) is 59.7 Å². The third-order valence-corrected chi connectivity index (χ3v) is 17.3. The first-order valence-electron chi connectivity index (χ1n) is 26.3. The van der Waals surface area contributed by atoms with Crippen LogP contribution in [0, 0.1) is 64.3 Å². The van der Waals surface area contributed by atoms with E-state index in [-0.39, 0.29) is 66.3 Å². The highest BCUT2D eigenvalue weighted by atomic mass is 32.2. The number of nitrogens with two attached hydrogens (primary N) is 2. The van der Waals surface area contributed by atoms with Crippen LogP contribution in [-0.4, -0.2) is 58.7 Å². The van der Waals surface area contributed by atoms with E-state index in [1.54, 1.807) is 57.2 Å². The number of benzene rings is 8. The van der Waals surface area contributed by atoms with Crippen molar-refractivity contribution in [3.63, 3.8) is 0 Å². The molecule has 26 heteroatoms. The molecule has 88 heavy (non-hydrogen) atoms. The fourth-order valence-corrected chi connectivity index (χ4v) is 11.7. The molecule has 0 bridgehead atoms. The van der Waals surface area contributed by atoms with Crippen molar-refractivity contribution < 1.29 is 67.0 Å². The number of nitrogens with one attached hydrogen (secondary N) is 2. The molecule has 0 saturated heterocycles. The fourth-order valence-electron chi connectivity index (χ4n) is 7.66. The van der Waals surface area contributed by atoms with Gasteiger partial charge in [0.25, 0.3) is 11.4 Å². The molecule has 464 valence electrons. The number of non-ortho nitro benzene ring substituents is 2. The van der Waals surface area contributed by atoms with Gasteiger partial charge in [0, 0.05) is 46.6 Å². The molecular weight excluding hydrogens is 1210 g/mol. The molecule has 0 heterocycles. The van der Waals surface area contributed by atoms with E-state index >= 15 is 0 Å². The van der Waals surface area contributed by atoms with E-state index in [1.807, 2.05) is 51.1 Å². The average Bonchev–Trinajstić information content (AvgIpc) is 3.34. The molecule has 2 amide bonds. The Morgan fingerprint density at radius 3 is 1.30 bits per heavy atom. The summed E-state index contributed by atoms with van der Waals surface area (Å²) in [5, 5.41) is 25.7. The number of sulfone groups is 3. The number of nitrogen functional groups attached to an aromatic ring is 2. The molecule has 0 saturated carbocycles. The molecule has 1 atom stereocenters. The Morgan fingerprint density at radius 2 is 0.909 bits per heavy atom. The first-order chi connectivity index (χ1) is 41.1. The number of halogens is 4. The minimum absolute atomic E-state index is 0.0257. The Morgan fingerprint density at radius 1 is 0.523 bits per heavy atom. The molecule has 6 N–H and O–H groups in total. The van der Waals surface area contributed by atoms with Crippen molar-refractivity contribution in [2.45, 2.75) is 91.6 Å². The zero-order chi connectivity index (χ0) is 65.3. The number of anilines is 3. The maximum atomic E-state index is 14.8. The van der Waals surface area contributed by atoms with Crippen molar-refractivity contribution >= 4 is 69.9 Å². The summed E-state index contributed by atoms with van der Waals surface area (Å²) in [5.41, 5.74) is 13.0. The molecule has 0 aliphatic carbocycles. The second-order valence-corrected chi connectivity index (χ2v) is 26.7. The van der Waals surface area contributed by atoms with E-state index in [4.69, 9.17) is 16.2 Å². The van der Waals surface area contributed by atoms with Gasteiger partial charge < -0.3 is 26.8 Å². The van der Waals surface area contributed by atoms with Gasteiger partial charge in [-0.3, -0.25) is 20.2 Å². The van der Waals surface area contributed by atoms with E-state index in [0.717, 1.165) is 70.8 Å². The summed E-state index contributed by atoms with van der Waals surface area (Å²) in [7, 11) is -11.0. The van der Waals surface area contributed by atoms with Gasteiger partial charge >= 0.3 is 12.0 Å². The molecule has 8 aromatic carbocycles. The van der Waals surface area contributed by atoms with Crippen molar-refractivity contribution in [3.05, 3.63) is 258 Å². The van der Waals surface area contributed by atoms with Crippen LogP contribution in [0.15, 0.2) is 191 Å². The second-order valence-electron chi connectivity index (χ2n) is 20.7. The summed E-state index contributed by atoms with van der Waals surface area (Å²) in [6.45, 7) is 10.7. The molecule has 8 aromatic rings. The molecule has 0 fully saturated rings. The van der Waals surface area contributed by atoms with Crippen LogP contribution < -0.4 is 22.1 Å². The van der Waals surface area contributed by atoms with Crippen LogP contribution in [0.25, 0.3) is 0 Å². The molecule has 0 aliphatic rings. The number of nitrogens with zero attached hydrogens (tertiary/aromatic N) is 2. The molecule has 0 spiro atoms. The number of aryl methyl sites for hydroxylation is 3. The van der Waals surface area contributed by atoms with Gasteiger partial charge in [-0.1, -0.05) is 95.6 Å². The van der Waals surface area contributed by atoms with Crippen LogP contribution >= 0.6 is 0 Å². The van der Waals surface area contributed by atoms with Crippen LogP contribution in [0.5, 0.6) is 0 Å². The van der Waals surface area contributed by atoms with E-state index < -0.39 is 103 Å². The molecule has 0 unspecified atom stereocenters. The van der Waals surface area contributed by atoms with Gasteiger partial charge in [0.2, 0.25) is 0 Å². The molecule has 0 aromatic heterocycles. The number of nitro groups is 2. The average molecular weight is 1270 g/mol. The van der Waals surface area contributed by atoms with E-state index in [2.05, 4.69) is 10.6 Å². The first kappa shape index (κ1) is 69.2. The molecule has 0 aliphatic heterocycles. The normalized spacial score (nSPS) is 11.6. The zero-order valence-electron chi connectivity index (χ0n) is 48.2. The van der Waals surface area contributed by atoms with Gasteiger partial charge in [0.1, 0.15) is 29.1 Å². The summed E-state index contributed by atoms with van der Waals surface area (Å²) >= 11 is 0.